The van der Waals surface area contributed by atoms with Crippen LogP contribution < -0.4 is 5.56 Å². The van der Waals surface area contributed by atoms with Gasteiger partial charge in [0.2, 0.25) is 0 Å². The summed E-state index contributed by atoms with van der Waals surface area (Å²) in [5.74, 6) is 0. The van der Waals surface area contributed by atoms with E-state index in [2.05, 4.69) is 12.8 Å². The van der Waals surface area contributed by atoms with E-state index in [-0.39, 0.29) is 41.2 Å². The van der Waals surface area contributed by atoms with Gasteiger partial charge in [-0.3, -0.25) is 14.3 Å². The summed E-state index contributed by atoms with van der Waals surface area (Å²) in [5.41, 5.74) is -0.108. The van der Waals surface area contributed by atoms with E-state index in [9.17, 15) is 4.79 Å². The summed E-state index contributed by atoms with van der Waals surface area (Å²) in [4.78, 5) is 13.8. The van der Waals surface area contributed by atoms with Crippen LogP contribution in [0.1, 0.15) is 24.6 Å². The molecule has 6 nitrogen and oxygen atoms in total. The molecule has 19 heavy (non-hydrogen) atoms. The van der Waals surface area contributed by atoms with Crippen LogP contribution in [0.2, 0.25) is 0 Å². The number of nitrogens with one attached hydrogen (secondary N) is 1. The molecule has 1 aromatic rings. The SMILES string of the molecule is [B]CO.[B][C@@H]1CCC(n2cc(CO)c(=O)[nH]c2=S)O1. The van der Waals surface area contributed by atoms with E-state index < -0.39 is 0 Å². The molecule has 0 amide bonds. The minimum absolute atomic E-state index is 0.250. The number of hydrogen-bond acceptors (Lipinski definition) is 5. The second-order valence-electron chi connectivity index (χ2n) is 3.87. The molecule has 2 atom stereocenters. The van der Waals surface area contributed by atoms with Crippen LogP contribution in [0.5, 0.6) is 0 Å². The first kappa shape index (κ1) is 16.2. The van der Waals surface area contributed by atoms with Crippen molar-refractivity contribution in [3.8, 4) is 0 Å². The molecule has 4 radical (unpaired) electrons. The molecule has 9 heteroatoms. The van der Waals surface area contributed by atoms with Crippen LogP contribution in [0.3, 0.4) is 0 Å². The molecule has 1 saturated heterocycles. The number of aromatic nitrogens is 2. The lowest BCUT2D eigenvalue weighted by Crippen LogP contribution is -2.21. The predicted molar refractivity (Wildman–Crippen MR) is 73.5 cm³/mol. The molecule has 0 aromatic carbocycles. The minimum atomic E-state index is -0.369. The van der Waals surface area contributed by atoms with Crippen molar-refractivity contribution in [2.24, 2.45) is 0 Å². The molecule has 2 rings (SSSR count). The number of H-pyrrole nitrogens is 1. The first-order chi connectivity index (χ1) is 9.03. The summed E-state index contributed by atoms with van der Waals surface area (Å²) in [7, 11) is 10.0. The topological polar surface area (TPSA) is 87.5 Å². The Morgan fingerprint density at radius 1 is 1.53 bits per heavy atom. The summed E-state index contributed by atoms with van der Waals surface area (Å²) in [5, 5.41) is 16.3. The maximum absolute atomic E-state index is 11.3. The van der Waals surface area contributed by atoms with Crippen LogP contribution in [0, 0.1) is 4.77 Å². The maximum Gasteiger partial charge on any atom is 0.257 e. The van der Waals surface area contributed by atoms with E-state index in [1.54, 1.807) is 4.57 Å². The second-order valence-corrected chi connectivity index (χ2v) is 4.25. The average Bonchev–Trinajstić information content (AvgIpc) is 2.77. The van der Waals surface area contributed by atoms with Gasteiger partial charge in [-0.1, -0.05) is 0 Å². The van der Waals surface area contributed by atoms with Crippen LogP contribution in [-0.4, -0.2) is 48.0 Å². The number of nitrogens with zero attached hydrogens (tertiary/aromatic N) is 1. The van der Waals surface area contributed by atoms with E-state index in [1.165, 1.54) is 6.20 Å². The van der Waals surface area contributed by atoms with Crippen LogP contribution in [0.25, 0.3) is 0 Å². The Bertz CT molecular complexity index is 519. The average molecular weight is 280 g/mol. The Balaban J connectivity index is 0.000000550. The molecule has 100 valence electrons. The number of aromatic amines is 1. The molecule has 0 saturated carbocycles. The second kappa shape index (κ2) is 7.64. The first-order valence-corrected chi connectivity index (χ1v) is 6.11. The van der Waals surface area contributed by atoms with E-state index in [0.29, 0.717) is 0 Å². The minimum Gasteiger partial charge on any atom is -0.406 e. The van der Waals surface area contributed by atoms with Gasteiger partial charge in [0.15, 0.2) is 4.77 Å². The van der Waals surface area contributed by atoms with E-state index >= 15 is 0 Å². The molecule has 1 fully saturated rings. The first-order valence-electron chi connectivity index (χ1n) is 5.70. The maximum atomic E-state index is 11.3. The highest BCUT2D eigenvalue weighted by Gasteiger charge is 2.23. The molecule has 0 bridgehead atoms. The van der Waals surface area contributed by atoms with E-state index in [4.69, 9.17) is 35.0 Å². The summed E-state index contributed by atoms with van der Waals surface area (Å²) in [6.45, 7) is -0.580. The Morgan fingerprint density at radius 2 is 2.16 bits per heavy atom. The van der Waals surface area contributed by atoms with Gasteiger partial charge in [-0.2, -0.15) is 0 Å². The van der Waals surface area contributed by atoms with Gasteiger partial charge in [0, 0.05) is 18.7 Å². The molecule has 1 unspecified atom stereocenters. The van der Waals surface area contributed by atoms with Crippen molar-refractivity contribution in [1.29, 1.82) is 0 Å². The van der Waals surface area contributed by atoms with Crippen molar-refractivity contribution in [2.45, 2.75) is 31.7 Å². The fourth-order valence-corrected chi connectivity index (χ4v) is 1.97. The number of aliphatic hydroxyl groups is 2. The third kappa shape index (κ3) is 4.31. The molecule has 1 aliphatic heterocycles. The lowest BCUT2D eigenvalue weighted by atomic mass is 9.98. The molecule has 1 aliphatic rings. The van der Waals surface area contributed by atoms with Gasteiger partial charge in [0.25, 0.3) is 5.56 Å². The number of hydrogen-bond donors (Lipinski definition) is 3. The zero-order valence-electron chi connectivity index (χ0n) is 10.3. The third-order valence-electron chi connectivity index (χ3n) is 2.55. The third-order valence-corrected chi connectivity index (χ3v) is 2.87. The number of rotatable bonds is 2. The van der Waals surface area contributed by atoms with Crippen LogP contribution in [-0.2, 0) is 11.3 Å². The quantitative estimate of drug-likeness (QED) is 0.493. The Kier molecular flexibility index (Phi) is 6.50. The highest BCUT2D eigenvalue weighted by molar-refractivity contribution is 7.71. The van der Waals surface area contributed by atoms with E-state index in [0.717, 1.165) is 12.8 Å². The molecule has 0 spiro atoms. The van der Waals surface area contributed by atoms with Crippen LogP contribution >= 0.6 is 12.2 Å². The van der Waals surface area contributed by atoms with Crippen molar-refractivity contribution in [2.75, 3.05) is 6.51 Å². The van der Waals surface area contributed by atoms with Gasteiger partial charge in [-0.25, -0.2) is 0 Å². The highest BCUT2D eigenvalue weighted by Crippen LogP contribution is 2.26. The predicted octanol–water partition coefficient (Wildman–Crippen LogP) is -0.694. The fourth-order valence-electron chi connectivity index (χ4n) is 1.70. The van der Waals surface area contributed by atoms with Crippen molar-refractivity contribution < 1.29 is 14.9 Å². The smallest absolute Gasteiger partial charge is 0.257 e. The molecular weight excluding hydrogens is 266 g/mol. The normalized spacial score (nSPS) is 21.8. The highest BCUT2D eigenvalue weighted by atomic mass is 32.1. The zero-order valence-corrected chi connectivity index (χ0v) is 11.1. The molecule has 2 heterocycles. The Hall–Kier alpha value is -0.890. The fraction of sp³-hybridized carbons (Fsp3) is 0.600. The summed E-state index contributed by atoms with van der Waals surface area (Å²) >= 11 is 5.03. The Labute approximate surface area is 118 Å². The molecule has 0 aliphatic carbocycles. The largest absolute Gasteiger partial charge is 0.406 e. The van der Waals surface area contributed by atoms with Crippen molar-refractivity contribution >= 4 is 27.9 Å². The van der Waals surface area contributed by atoms with Gasteiger partial charge in [0.1, 0.15) is 21.9 Å². The van der Waals surface area contributed by atoms with Crippen molar-refractivity contribution in [3.05, 3.63) is 26.9 Å². The summed E-state index contributed by atoms with van der Waals surface area (Å²) in [6, 6.07) is -0.295. The monoisotopic (exact) mass is 280 g/mol. The van der Waals surface area contributed by atoms with Gasteiger partial charge >= 0.3 is 0 Å². The van der Waals surface area contributed by atoms with Crippen molar-refractivity contribution in [3.63, 3.8) is 0 Å². The molecule has 1 aromatic heterocycles. The molecule has 3 N–H and O–H groups in total. The molecular formula is C10H14B2N2O4S. The lowest BCUT2D eigenvalue weighted by Gasteiger charge is -2.16. The van der Waals surface area contributed by atoms with Gasteiger partial charge in [-0.15, -0.1) is 0 Å². The van der Waals surface area contributed by atoms with Crippen LogP contribution in [0.15, 0.2) is 11.0 Å². The van der Waals surface area contributed by atoms with Crippen LogP contribution in [0.4, 0.5) is 0 Å². The van der Waals surface area contributed by atoms with Crippen molar-refractivity contribution in [1.82, 2.24) is 9.55 Å². The van der Waals surface area contributed by atoms with Gasteiger partial charge < -0.3 is 14.9 Å². The summed E-state index contributed by atoms with van der Waals surface area (Å²) < 4.78 is 7.34. The van der Waals surface area contributed by atoms with Gasteiger partial charge in [0.05, 0.1) is 12.2 Å². The van der Waals surface area contributed by atoms with E-state index in [1.807, 2.05) is 0 Å². The lowest BCUT2D eigenvalue weighted by molar-refractivity contribution is 0.0350. The number of aliphatic hydroxyl groups excluding tert-OH is 2. The Morgan fingerprint density at radius 3 is 2.63 bits per heavy atom. The standard InChI is InChI=1S/C9H11BN2O3S.CH3BO/c10-6-1-2-7(15-6)12-3-5(4-13)8(14)11-9(12)16;2-1-3/h3,6-7,13H,1-2,4H2,(H,11,14,16);3H,1H2/t6-,7?;/m0./s1. The number of ether oxygens (including phenoxy) is 1. The zero-order chi connectivity index (χ0) is 14.4. The van der Waals surface area contributed by atoms with Gasteiger partial charge in [-0.05, 0) is 25.1 Å². The summed E-state index contributed by atoms with van der Waals surface area (Å²) in [6.07, 6.45) is 2.75.